The highest BCUT2D eigenvalue weighted by Crippen LogP contribution is 2.36. The highest BCUT2D eigenvalue weighted by atomic mass is 16.2. The summed E-state index contributed by atoms with van der Waals surface area (Å²) in [6.45, 7) is 2.37. The number of nitrogens with zero attached hydrogens (tertiary/aromatic N) is 3. The lowest BCUT2D eigenvalue weighted by molar-refractivity contribution is -0.139. The monoisotopic (exact) mass is 368 g/mol. The number of hydrazone groups is 1. The summed E-state index contributed by atoms with van der Waals surface area (Å²) in [5.74, 6) is -0.0313. The van der Waals surface area contributed by atoms with E-state index in [2.05, 4.69) is 17.3 Å². The molecule has 1 spiro atoms. The standard InChI is InChI=1S/C20H24N4O3/c1-14-7-10-20(11-8-14)18(26)23(19(27)21-20)13-17(25)24-12-9-16(22-24)15-5-3-2-4-6-15/h2-6,14H,7-13H2,1H3,(H,21,27). The zero-order valence-corrected chi connectivity index (χ0v) is 15.5. The first-order valence-electron chi connectivity index (χ1n) is 9.56. The van der Waals surface area contributed by atoms with Crippen molar-refractivity contribution < 1.29 is 14.4 Å². The molecule has 0 atom stereocenters. The van der Waals surface area contributed by atoms with Gasteiger partial charge in [-0.25, -0.2) is 9.80 Å². The van der Waals surface area contributed by atoms with E-state index < -0.39 is 11.6 Å². The van der Waals surface area contributed by atoms with E-state index in [4.69, 9.17) is 0 Å². The summed E-state index contributed by atoms with van der Waals surface area (Å²) in [7, 11) is 0. The molecular formula is C20H24N4O3. The fraction of sp³-hybridized carbons (Fsp3) is 0.500. The summed E-state index contributed by atoms with van der Waals surface area (Å²) >= 11 is 0. The van der Waals surface area contributed by atoms with E-state index >= 15 is 0 Å². The van der Waals surface area contributed by atoms with Crippen LogP contribution in [0.4, 0.5) is 4.79 Å². The number of hydrogen-bond donors (Lipinski definition) is 1. The molecule has 0 radical (unpaired) electrons. The van der Waals surface area contributed by atoms with Gasteiger partial charge in [-0.2, -0.15) is 5.10 Å². The number of imide groups is 1. The fourth-order valence-corrected chi connectivity index (χ4v) is 4.10. The van der Waals surface area contributed by atoms with Gasteiger partial charge in [-0.1, -0.05) is 37.3 Å². The van der Waals surface area contributed by atoms with Crippen molar-refractivity contribution in [2.75, 3.05) is 13.1 Å². The van der Waals surface area contributed by atoms with Gasteiger partial charge in [-0.3, -0.25) is 14.5 Å². The van der Waals surface area contributed by atoms with Crippen molar-refractivity contribution >= 4 is 23.6 Å². The number of hydrogen-bond acceptors (Lipinski definition) is 4. The molecule has 1 aromatic carbocycles. The smallest absolute Gasteiger partial charge is 0.323 e. The Kier molecular flexibility index (Phi) is 4.45. The molecule has 7 nitrogen and oxygen atoms in total. The fourth-order valence-electron chi connectivity index (χ4n) is 4.10. The molecule has 27 heavy (non-hydrogen) atoms. The predicted octanol–water partition coefficient (Wildman–Crippen LogP) is 2.12. The van der Waals surface area contributed by atoms with Gasteiger partial charge in [0.25, 0.3) is 11.8 Å². The Morgan fingerprint density at radius 1 is 1.22 bits per heavy atom. The maximum absolute atomic E-state index is 12.9. The van der Waals surface area contributed by atoms with Crippen molar-refractivity contribution in [3.8, 4) is 0 Å². The number of amides is 4. The van der Waals surface area contributed by atoms with Gasteiger partial charge in [0, 0.05) is 6.42 Å². The lowest BCUT2D eigenvalue weighted by Gasteiger charge is -2.33. The maximum Gasteiger partial charge on any atom is 0.325 e. The highest BCUT2D eigenvalue weighted by molar-refractivity contribution is 6.09. The van der Waals surface area contributed by atoms with Crippen LogP contribution in [-0.2, 0) is 9.59 Å². The quantitative estimate of drug-likeness (QED) is 0.830. The largest absolute Gasteiger partial charge is 0.325 e. The zero-order chi connectivity index (χ0) is 19.0. The molecule has 0 bridgehead atoms. The van der Waals surface area contributed by atoms with Crippen LogP contribution < -0.4 is 5.32 Å². The van der Waals surface area contributed by atoms with E-state index in [1.807, 2.05) is 30.3 Å². The number of rotatable bonds is 3. The molecular weight excluding hydrogens is 344 g/mol. The zero-order valence-electron chi connectivity index (χ0n) is 15.5. The van der Waals surface area contributed by atoms with E-state index in [0.29, 0.717) is 31.7 Å². The molecule has 2 aliphatic heterocycles. The summed E-state index contributed by atoms with van der Waals surface area (Å²) in [6.07, 6.45) is 3.76. The normalized spacial score (nSPS) is 27.9. The molecule has 2 heterocycles. The third-order valence-electron chi connectivity index (χ3n) is 5.86. The summed E-state index contributed by atoms with van der Waals surface area (Å²) in [4.78, 5) is 38.9. The Morgan fingerprint density at radius 2 is 1.93 bits per heavy atom. The minimum absolute atomic E-state index is 0.256. The van der Waals surface area contributed by atoms with Gasteiger partial charge in [0.2, 0.25) is 0 Å². The first kappa shape index (κ1) is 17.7. The molecule has 1 saturated heterocycles. The van der Waals surface area contributed by atoms with E-state index in [1.54, 1.807) is 0 Å². The molecule has 4 rings (SSSR count). The van der Waals surface area contributed by atoms with Gasteiger partial charge in [0.05, 0.1) is 12.3 Å². The topological polar surface area (TPSA) is 82.1 Å². The van der Waals surface area contributed by atoms with Crippen molar-refractivity contribution in [1.29, 1.82) is 0 Å². The third-order valence-corrected chi connectivity index (χ3v) is 5.86. The Morgan fingerprint density at radius 3 is 2.63 bits per heavy atom. The molecule has 7 heteroatoms. The number of carbonyl (C=O) groups is 3. The van der Waals surface area contributed by atoms with Crippen LogP contribution in [0.1, 0.15) is 44.6 Å². The van der Waals surface area contributed by atoms with E-state index in [1.165, 1.54) is 5.01 Å². The van der Waals surface area contributed by atoms with Crippen LogP contribution in [0.3, 0.4) is 0 Å². The molecule has 142 valence electrons. The summed E-state index contributed by atoms with van der Waals surface area (Å²) in [5, 5.41) is 8.62. The number of nitrogens with one attached hydrogen (secondary N) is 1. The van der Waals surface area contributed by atoms with Crippen LogP contribution in [0.25, 0.3) is 0 Å². The van der Waals surface area contributed by atoms with Crippen LogP contribution in [0.5, 0.6) is 0 Å². The molecule has 1 saturated carbocycles. The van der Waals surface area contributed by atoms with Gasteiger partial charge < -0.3 is 5.32 Å². The molecule has 1 N–H and O–H groups in total. The Hall–Kier alpha value is -2.70. The van der Waals surface area contributed by atoms with Crippen molar-refractivity contribution in [1.82, 2.24) is 15.2 Å². The lowest BCUT2D eigenvalue weighted by Crippen LogP contribution is -2.49. The second-order valence-corrected chi connectivity index (χ2v) is 7.77. The van der Waals surface area contributed by atoms with Crippen molar-refractivity contribution in [3.63, 3.8) is 0 Å². The third kappa shape index (κ3) is 3.22. The predicted molar refractivity (Wildman–Crippen MR) is 99.9 cm³/mol. The number of benzene rings is 1. The van der Waals surface area contributed by atoms with Gasteiger partial charge in [-0.05, 0) is 37.2 Å². The second kappa shape index (κ2) is 6.79. The van der Waals surface area contributed by atoms with Crippen molar-refractivity contribution in [2.45, 2.75) is 44.6 Å². The minimum atomic E-state index is -0.812. The SMILES string of the molecule is CC1CCC2(CC1)NC(=O)N(CC(=O)N1CCC(c3ccccc3)=N1)C2=O. The molecule has 0 aromatic heterocycles. The van der Waals surface area contributed by atoms with E-state index in [9.17, 15) is 14.4 Å². The summed E-state index contributed by atoms with van der Waals surface area (Å²) in [6, 6.07) is 9.24. The average Bonchev–Trinajstić information content (AvgIpc) is 3.25. The average molecular weight is 368 g/mol. The van der Waals surface area contributed by atoms with E-state index in [-0.39, 0.29) is 18.4 Å². The minimum Gasteiger partial charge on any atom is -0.323 e. The summed E-state index contributed by atoms with van der Waals surface area (Å²) < 4.78 is 0. The summed E-state index contributed by atoms with van der Waals surface area (Å²) in [5.41, 5.74) is 1.02. The number of urea groups is 1. The first-order valence-corrected chi connectivity index (χ1v) is 9.56. The Labute approximate surface area is 158 Å². The van der Waals surface area contributed by atoms with Crippen LogP contribution in [0.15, 0.2) is 35.4 Å². The lowest BCUT2D eigenvalue weighted by atomic mass is 9.77. The van der Waals surface area contributed by atoms with Gasteiger partial charge in [-0.15, -0.1) is 0 Å². The Balaban J connectivity index is 1.43. The molecule has 4 amide bonds. The molecule has 1 aliphatic carbocycles. The maximum atomic E-state index is 12.9. The van der Waals surface area contributed by atoms with Gasteiger partial charge >= 0.3 is 6.03 Å². The van der Waals surface area contributed by atoms with Crippen molar-refractivity contribution in [2.24, 2.45) is 11.0 Å². The molecule has 2 fully saturated rings. The van der Waals surface area contributed by atoms with Crippen LogP contribution >= 0.6 is 0 Å². The molecule has 3 aliphatic rings. The van der Waals surface area contributed by atoms with E-state index in [0.717, 1.165) is 29.0 Å². The first-order chi connectivity index (χ1) is 13.0. The Bertz CT molecular complexity index is 797. The number of carbonyl (C=O) groups excluding carboxylic acids is 3. The van der Waals surface area contributed by atoms with Gasteiger partial charge in [0.1, 0.15) is 12.1 Å². The van der Waals surface area contributed by atoms with Gasteiger partial charge in [0.15, 0.2) is 0 Å². The highest BCUT2D eigenvalue weighted by Gasteiger charge is 2.52. The van der Waals surface area contributed by atoms with Crippen LogP contribution in [0.2, 0.25) is 0 Å². The van der Waals surface area contributed by atoms with Crippen molar-refractivity contribution in [3.05, 3.63) is 35.9 Å². The van der Waals surface area contributed by atoms with Crippen LogP contribution in [-0.4, -0.2) is 52.1 Å². The molecule has 1 aromatic rings. The second-order valence-electron chi connectivity index (χ2n) is 7.77. The van der Waals surface area contributed by atoms with Crippen LogP contribution in [0, 0.1) is 5.92 Å². The molecule has 0 unspecified atom stereocenters.